The van der Waals surface area contributed by atoms with Gasteiger partial charge in [0.1, 0.15) is 5.82 Å². The lowest BCUT2D eigenvalue weighted by molar-refractivity contribution is 0.0696. The molecule has 0 spiro atoms. The molecule has 0 radical (unpaired) electrons. The van der Waals surface area contributed by atoms with E-state index in [9.17, 15) is 14.0 Å². The van der Waals surface area contributed by atoms with Crippen molar-refractivity contribution in [3.63, 3.8) is 0 Å². The summed E-state index contributed by atoms with van der Waals surface area (Å²) >= 11 is 0. The van der Waals surface area contributed by atoms with E-state index >= 15 is 0 Å². The average Bonchev–Trinajstić information content (AvgIpc) is 2.36. The SMILES string of the molecule is CC(C)OCCNC(=O)Nc1ccc(C(=O)O)cc1F. The van der Waals surface area contributed by atoms with Crippen LogP contribution in [0.5, 0.6) is 0 Å². The van der Waals surface area contributed by atoms with Gasteiger partial charge in [0.25, 0.3) is 0 Å². The number of amides is 2. The highest BCUT2D eigenvalue weighted by atomic mass is 19.1. The monoisotopic (exact) mass is 284 g/mol. The Hall–Kier alpha value is -2.15. The summed E-state index contributed by atoms with van der Waals surface area (Å²) in [5, 5.41) is 13.5. The van der Waals surface area contributed by atoms with Gasteiger partial charge < -0.3 is 20.5 Å². The number of rotatable bonds is 6. The predicted octanol–water partition coefficient (Wildman–Crippen LogP) is 2.07. The summed E-state index contributed by atoms with van der Waals surface area (Å²) in [5.74, 6) is -2.04. The molecule has 0 aliphatic heterocycles. The number of carboxylic acid groups (broad SMARTS) is 1. The molecule has 0 heterocycles. The van der Waals surface area contributed by atoms with Crippen molar-refractivity contribution in [2.75, 3.05) is 18.5 Å². The van der Waals surface area contributed by atoms with E-state index in [-0.39, 0.29) is 17.4 Å². The third kappa shape index (κ3) is 5.23. The molecule has 1 rings (SSSR count). The van der Waals surface area contributed by atoms with Crippen molar-refractivity contribution in [3.05, 3.63) is 29.6 Å². The largest absolute Gasteiger partial charge is 0.478 e. The topological polar surface area (TPSA) is 87.7 Å². The van der Waals surface area contributed by atoms with Crippen LogP contribution in [0.2, 0.25) is 0 Å². The fourth-order valence-electron chi connectivity index (χ4n) is 1.38. The van der Waals surface area contributed by atoms with Crippen molar-refractivity contribution in [1.82, 2.24) is 5.32 Å². The molecular weight excluding hydrogens is 267 g/mol. The van der Waals surface area contributed by atoms with Gasteiger partial charge in [-0.15, -0.1) is 0 Å². The van der Waals surface area contributed by atoms with Crippen LogP contribution in [-0.4, -0.2) is 36.4 Å². The van der Waals surface area contributed by atoms with Gasteiger partial charge in [-0.2, -0.15) is 0 Å². The first-order valence-electron chi connectivity index (χ1n) is 6.09. The molecule has 0 saturated carbocycles. The minimum Gasteiger partial charge on any atom is -0.478 e. The summed E-state index contributed by atoms with van der Waals surface area (Å²) in [5.41, 5.74) is -0.268. The van der Waals surface area contributed by atoms with Gasteiger partial charge in [0, 0.05) is 6.54 Å². The predicted molar refractivity (Wildman–Crippen MR) is 71.5 cm³/mol. The minimum absolute atomic E-state index is 0.0702. The second-order valence-corrected chi connectivity index (χ2v) is 4.30. The van der Waals surface area contributed by atoms with Gasteiger partial charge in [-0.1, -0.05) is 0 Å². The number of carboxylic acids is 1. The summed E-state index contributed by atoms with van der Waals surface area (Å²) in [6.07, 6.45) is 0.0702. The fourth-order valence-corrected chi connectivity index (χ4v) is 1.38. The van der Waals surface area contributed by atoms with Gasteiger partial charge in [0.2, 0.25) is 0 Å². The third-order valence-corrected chi connectivity index (χ3v) is 2.30. The number of hydrogen-bond acceptors (Lipinski definition) is 3. The lowest BCUT2D eigenvalue weighted by Crippen LogP contribution is -2.32. The van der Waals surface area contributed by atoms with Crippen molar-refractivity contribution in [3.8, 4) is 0 Å². The van der Waals surface area contributed by atoms with Gasteiger partial charge >= 0.3 is 12.0 Å². The van der Waals surface area contributed by atoms with Crippen molar-refractivity contribution < 1.29 is 23.8 Å². The summed E-state index contributed by atoms with van der Waals surface area (Å²) in [4.78, 5) is 22.1. The molecule has 110 valence electrons. The van der Waals surface area contributed by atoms with Crippen LogP contribution in [-0.2, 0) is 4.74 Å². The number of halogens is 1. The highest BCUT2D eigenvalue weighted by Gasteiger charge is 2.10. The zero-order valence-corrected chi connectivity index (χ0v) is 11.3. The highest BCUT2D eigenvalue weighted by molar-refractivity contribution is 5.91. The third-order valence-electron chi connectivity index (χ3n) is 2.30. The molecule has 0 aliphatic rings. The first-order valence-corrected chi connectivity index (χ1v) is 6.09. The first kappa shape index (κ1) is 15.9. The average molecular weight is 284 g/mol. The van der Waals surface area contributed by atoms with Crippen LogP contribution < -0.4 is 10.6 Å². The molecule has 0 unspecified atom stereocenters. The Labute approximate surface area is 115 Å². The van der Waals surface area contributed by atoms with Crippen LogP contribution in [0.3, 0.4) is 0 Å². The number of benzene rings is 1. The quantitative estimate of drug-likeness (QED) is 0.698. The first-order chi connectivity index (χ1) is 9.40. The molecule has 2 amide bonds. The van der Waals surface area contributed by atoms with Gasteiger partial charge in [-0.05, 0) is 32.0 Å². The number of anilines is 1. The number of nitrogens with one attached hydrogen (secondary N) is 2. The Kier molecular flexibility index (Phi) is 5.92. The summed E-state index contributed by atoms with van der Waals surface area (Å²) in [7, 11) is 0. The molecule has 0 saturated heterocycles. The van der Waals surface area contributed by atoms with Gasteiger partial charge in [-0.3, -0.25) is 0 Å². The van der Waals surface area contributed by atoms with Crippen LogP contribution in [0, 0.1) is 5.82 Å². The second-order valence-electron chi connectivity index (χ2n) is 4.30. The maximum atomic E-state index is 13.5. The minimum atomic E-state index is -1.23. The molecule has 0 bridgehead atoms. The van der Waals surface area contributed by atoms with E-state index in [4.69, 9.17) is 9.84 Å². The highest BCUT2D eigenvalue weighted by Crippen LogP contribution is 2.15. The zero-order chi connectivity index (χ0) is 15.1. The standard InChI is InChI=1S/C13H17FN2O4/c1-8(2)20-6-5-15-13(19)16-11-4-3-9(12(17)18)7-10(11)14/h3-4,7-8H,5-6H2,1-2H3,(H,17,18)(H2,15,16,19). The lowest BCUT2D eigenvalue weighted by atomic mass is 10.2. The Morgan fingerprint density at radius 2 is 2.10 bits per heavy atom. The molecule has 6 nitrogen and oxygen atoms in total. The van der Waals surface area contributed by atoms with Crippen molar-refractivity contribution in [2.24, 2.45) is 0 Å². The van der Waals surface area contributed by atoms with Crippen LogP contribution in [0.15, 0.2) is 18.2 Å². The number of urea groups is 1. The smallest absolute Gasteiger partial charge is 0.335 e. The second kappa shape index (κ2) is 7.44. The normalized spacial score (nSPS) is 10.4. The van der Waals surface area contributed by atoms with Crippen molar-refractivity contribution in [2.45, 2.75) is 20.0 Å². The number of aromatic carboxylic acids is 1. The number of carbonyl (C=O) groups excluding carboxylic acids is 1. The molecule has 0 aliphatic carbocycles. The molecule has 3 N–H and O–H groups in total. The van der Waals surface area contributed by atoms with E-state index in [1.165, 1.54) is 12.1 Å². The summed E-state index contributed by atoms with van der Waals surface area (Å²) < 4.78 is 18.8. The molecule has 7 heteroatoms. The van der Waals surface area contributed by atoms with Crippen LogP contribution in [0.25, 0.3) is 0 Å². The molecule has 0 fully saturated rings. The molecule has 0 aromatic heterocycles. The molecular formula is C13H17FN2O4. The maximum absolute atomic E-state index is 13.5. The van der Waals surface area contributed by atoms with E-state index in [0.717, 1.165) is 6.07 Å². The van der Waals surface area contributed by atoms with Crippen LogP contribution in [0.1, 0.15) is 24.2 Å². The van der Waals surface area contributed by atoms with Crippen LogP contribution in [0.4, 0.5) is 14.9 Å². The van der Waals surface area contributed by atoms with Crippen molar-refractivity contribution >= 4 is 17.7 Å². The summed E-state index contributed by atoms with van der Waals surface area (Å²) in [6, 6.07) is 2.67. The lowest BCUT2D eigenvalue weighted by Gasteiger charge is -2.10. The molecule has 0 atom stereocenters. The van der Waals surface area contributed by atoms with E-state index in [0.29, 0.717) is 13.2 Å². The van der Waals surface area contributed by atoms with E-state index in [1.54, 1.807) is 0 Å². The molecule has 1 aromatic rings. The summed E-state index contributed by atoms with van der Waals surface area (Å²) in [6.45, 7) is 4.39. The number of ether oxygens (including phenoxy) is 1. The van der Waals surface area contributed by atoms with Gasteiger partial charge in [0.05, 0.1) is 24.0 Å². The van der Waals surface area contributed by atoms with E-state index in [2.05, 4.69) is 10.6 Å². The van der Waals surface area contributed by atoms with Crippen LogP contribution >= 0.6 is 0 Å². The number of hydrogen-bond donors (Lipinski definition) is 3. The Morgan fingerprint density at radius 1 is 1.40 bits per heavy atom. The zero-order valence-electron chi connectivity index (χ0n) is 11.3. The van der Waals surface area contributed by atoms with E-state index in [1.807, 2.05) is 13.8 Å². The molecule has 20 heavy (non-hydrogen) atoms. The van der Waals surface area contributed by atoms with Crippen molar-refractivity contribution in [1.29, 1.82) is 0 Å². The van der Waals surface area contributed by atoms with E-state index < -0.39 is 17.8 Å². The van der Waals surface area contributed by atoms with Gasteiger partial charge in [-0.25, -0.2) is 14.0 Å². The Bertz CT molecular complexity index is 491. The number of carbonyl (C=O) groups is 2. The fraction of sp³-hybridized carbons (Fsp3) is 0.385. The molecule has 1 aromatic carbocycles. The Morgan fingerprint density at radius 3 is 2.65 bits per heavy atom. The maximum Gasteiger partial charge on any atom is 0.335 e. The Balaban J connectivity index is 2.48. The van der Waals surface area contributed by atoms with Gasteiger partial charge in [0.15, 0.2) is 0 Å².